The predicted octanol–water partition coefficient (Wildman–Crippen LogP) is 0.184. The molecule has 6 heteroatoms. The highest BCUT2D eigenvalue weighted by atomic mass is 35.5. The third-order valence-electron chi connectivity index (χ3n) is 1.40. The molecule has 0 aliphatic heterocycles. The number of aromatic nitrogens is 2. The van der Waals surface area contributed by atoms with Crippen molar-refractivity contribution in [3.8, 4) is 0 Å². The smallest absolute Gasteiger partial charge is 0.330 e. The first-order valence-corrected chi connectivity index (χ1v) is 4.10. The molecular formula is C7H9ClN2O3. The number of rotatable bonds is 3. The summed E-state index contributed by atoms with van der Waals surface area (Å²) in [6.45, 7) is 2.38. The van der Waals surface area contributed by atoms with Crippen molar-refractivity contribution in [2.24, 2.45) is 0 Å². The molecule has 0 bridgehead atoms. The van der Waals surface area contributed by atoms with Crippen LogP contribution in [0.15, 0.2) is 15.8 Å². The second-order valence-electron chi connectivity index (χ2n) is 2.33. The number of aromatic amines is 1. The SMILES string of the molecule is CCOCn1cc(Cl)c(=O)[nH]c1=O. The maximum Gasteiger partial charge on any atom is 0.330 e. The first-order chi connectivity index (χ1) is 6.15. The Morgan fingerprint density at radius 1 is 1.62 bits per heavy atom. The molecule has 0 spiro atoms. The molecule has 0 aliphatic carbocycles. The average Bonchev–Trinajstić information content (AvgIpc) is 2.09. The number of H-pyrrole nitrogens is 1. The highest BCUT2D eigenvalue weighted by molar-refractivity contribution is 6.30. The second kappa shape index (κ2) is 4.25. The molecule has 0 atom stereocenters. The fourth-order valence-electron chi connectivity index (χ4n) is 0.768. The third kappa shape index (κ3) is 2.43. The lowest BCUT2D eigenvalue weighted by Gasteiger charge is -2.03. The maximum atomic E-state index is 11.1. The standard InChI is InChI=1S/C7H9ClN2O3/c1-2-13-4-10-3-5(8)6(11)9-7(10)12/h3H,2,4H2,1H3,(H,9,11,12). The number of halogens is 1. The zero-order chi connectivity index (χ0) is 9.84. The summed E-state index contributed by atoms with van der Waals surface area (Å²) in [5.41, 5.74) is -1.11. The summed E-state index contributed by atoms with van der Waals surface area (Å²) in [6, 6.07) is 0. The first kappa shape index (κ1) is 10.0. The number of nitrogens with one attached hydrogen (secondary N) is 1. The fourth-order valence-corrected chi connectivity index (χ4v) is 0.933. The van der Waals surface area contributed by atoms with E-state index in [-0.39, 0.29) is 11.8 Å². The molecule has 0 aromatic carbocycles. The molecule has 0 saturated heterocycles. The van der Waals surface area contributed by atoms with Crippen molar-refractivity contribution in [1.29, 1.82) is 0 Å². The lowest BCUT2D eigenvalue weighted by molar-refractivity contribution is 0.0843. The molecule has 5 nitrogen and oxygen atoms in total. The van der Waals surface area contributed by atoms with Crippen LogP contribution in [0.3, 0.4) is 0 Å². The zero-order valence-corrected chi connectivity index (χ0v) is 7.80. The highest BCUT2D eigenvalue weighted by Crippen LogP contribution is 1.95. The average molecular weight is 205 g/mol. The lowest BCUT2D eigenvalue weighted by atomic mass is 10.6. The molecule has 0 amide bonds. The molecule has 1 N–H and O–H groups in total. The number of ether oxygens (including phenoxy) is 1. The zero-order valence-electron chi connectivity index (χ0n) is 7.04. The van der Waals surface area contributed by atoms with Crippen LogP contribution in [-0.4, -0.2) is 16.2 Å². The van der Waals surface area contributed by atoms with Crippen molar-refractivity contribution in [1.82, 2.24) is 9.55 Å². The summed E-state index contributed by atoms with van der Waals surface area (Å²) >= 11 is 5.51. The van der Waals surface area contributed by atoms with E-state index in [2.05, 4.69) is 4.98 Å². The summed E-state index contributed by atoms with van der Waals surface area (Å²) in [5.74, 6) is 0. The Hall–Kier alpha value is -1.07. The molecule has 1 aromatic heterocycles. The van der Waals surface area contributed by atoms with Gasteiger partial charge in [0, 0.05) is 12.8 Å². The van der Waals surface area contributed by atoms with Crippen molar-refractivity contribution >= 4 is 11.6 Å². The van der Waals surface area contributed by atoms with Gasteiger partial charge in [-0.1, -0.05) is 11.6 Å². The first-order valence-electron chi connectivity index (χ1n) is 3.72. The van der Waals surface area contributed by atoms with E-state index in [4.69, 9.17) is 16.3 Å². The number of nitrogens with zero attached hydrogens (tertiary/aromatic N) is 1. The minimum Gasteiger partial charge on any atom is -0.361 e. The van der Waals surface area contributed by atoms with Crippen molar-refractivity contribution in [2.45, 2.75) is 13.7 Å². The molecule has 0 aliphatic rings. The Morgan fingerprint density at radius 2 is 2.31 bits per heavy atom. The molecule has 1 aromatic rings. The van der Waals surface area contributed by atoms with Crippen molar-refractivity contribution in [3.63, 3.8) is 0 Å². The van der Waals surface area contributed by atoms with Gasteiger partial charge in [0.15, 0.2) is 0 Å². The van der Waals surface area contributed by atoms with Gasteiger partial charge < -0.3 is 4.74 Å². The summed E-state index contributed by atoms with van der Waals surface area (Å²) < 4.78 is 6.17. The van der Waals surface area contributed by atoms with E-state index in [9.17, 15) is 9.59 Å². The Bertz CT molecular complexity index is 395. The normalized spacial score (nSPS) is 10.3. The van der Waals surface area contributed by atoms with Crippen LogP contribution in [-0.2, 0) is 11.5 Å². The van der Waals surface area contributed by atoms with Crippen LogP contribution in [0.5, 0.6) is 0 Å². The molecule has 0 radical (unpaired) electrons. The number of hydrogen-bond acceptors (Lipinski definition) is 3. The quantitative estimate of drug-likeness (QED) is 0.764. The second-order valence-corrected chi connectivity index (χ2v) is 2.74. The van der Waals surface area contributed by atoms with Gasteiger partial charge >= 0.3 is 5.69 Å². The van der Waals surface area contributed by atoms with E-state index in [1.807, 2.05) is 0 Å². The predicted molar refractivity (Wildman–Crippen MR) is 48.0 cm³/mol. The van der Waals surface area contributed by atoms with Crippen LogP contribution in [0, 0.1) is 0 Å². The Kier molecular flexibility index (Phi) is 3.27. The molecule has 0 fully saturated rings. The topological polar surface area (TPSA) is 64.1 Å². The largest absolute Gasteiger partial charge is 0.361 e. The summed E-state index contributed by atoms with van der Waals surface area (Å²) in [4.78, 5) is 23.9. The van der Waals surface area contributed by atoms with E-state index in [0.717, 1.165) is 0 Å². The van der Waals surface area contributed by atoms with E-state index in [0.29, 0.717) is 6.61 Å². The fraction of sp³-hybridized carbons (Fsp3) is 0.429. The van der Waals surface area contributed by atoms with Crippen LogP contribution in [0.2, 0.25) is 5.02 Å². The van der Waals surface area contributed by atoms with E-state index in [1.165, 1.54) is 10.8 Å². The molecule has 1 heterocycles. The minimum absolute atomic E-state index is 0.0284. The lowest BCUT2D eigenvalue weighted by Crippen LogP contribution is -2.30. The molecular weight excluding hydrogens is 196 g/mol. The van der Waals surface area contributed by atoms with Gasteiger partial charge in [-0.2, -0.15) is 0 Å². The third-order valence-corrected chi connectivity index (χ3v) is 1.67. The van der Waals surface area contributed by atoms with Crippen molar-refractivity contribution < 1.29 is 4.74 Å². The summed E-state index contributed by atoms with van der Waals surface area (Å²) in [7, 11) is 0. The molecule has 1 rings (SSSR count). The summed E-state index contributed by atoms with van der Waals surface area (Å²) in [6.07, 6.45) is 1.25. The van der Waals surface area contributed by atoms with Gasteiger partial charge in [0.2, 0.25) is 0 Å². The van der Waals surface area contributed by atoms with Crippen LogP contribution >= 0.6 is 11.6 Å². The van der Waals surface area contributed by atoms with Crippen molar-refractivity contribution in [3.05, 3.63) is 32.1 Å². The Morgan fingerprint density at radius 3 is 2.92 bits per heavy atom. The summed E-state index contributed by atoms with van der Waals surface area (Å²) in [5, 5.41) is -0.0284. The van der Waals surface area contributed by atoms with Gasteiger partial charge in [-0.05, 0) is 6.92 Å². The molecule has 0 unspecified atom stereocenters. The van der Waals surface area contributed by atoms with Gasteiger partial charge in [0.25, 0.3) is 5.56 Å². The van der Waals surface area contributed by atoms with Crippen LogP contribution in [0.4, 0.5) is 0 Å². The maximum absolute atomic E-state index is 11.1. The number of hydrogen-bond donors (Lipinski definition) is 1. The van der Waals surface area contributed by atoms with Crippen LogP contribution in [0.25, 0.3) is 0 Å². The monoisotopic (exact) mass is 204 g/mol. The van der Waals surface area contributed by atoms with Gasteiger partial charge in [-0.3, -0.25) is 14.3 Å². The minimum atomic E-state index is -0.584. The molecule has 72 valence electrons. The van der Waals surface area contributed by atoms with Gasteiger partial charge in [0.05, 0.1) is 0 Å². The van der Waals surface area contributed by atoms with Crippen LogP contribution < -0.4 is 11.2 Å². The van der Waals surface area contributed by atoms with Gasteiger partial charge in [-0.15, -0.1) is 0 Å². The van der Waals surface area contributed by atoms with E-state index in [1.54, 1.807) is 6.92 Å². The molecule has 13 heavy (non-hydrogen) atoms. The molecule has 0 saturated carbocycles. The Labute approximate surface area is 78.9 Å². The van der Waals surface area contributed by atoms with Crippen LogP contribution in [0.1, 0.15) is 6.92 Å². The van der Waals surface area contributed by atoms with E-state index < -0.39 is 11.2 Å². The van der Waals surface area contributed by atoms with Gasteiger partial charge in [0.1, 0.15) is 11.8 Å². The van der Waals surface area contributed by atoms with E-state index >= 15 is 0 Å². The highest BCUT2D eigenvalue weighted by Gasteiger charge is 2.00. The van der Waals surface area contributed by atoms with Crippen molar-refractivity contribution in [2.75, 3.05) is 6.61 Å². The Balaban J connectivity index is 3.02. The van der Waals surface area contributed by atoms with Gasteiger partial charge in [-0.25, -0.2) is 4.79 Å².